The first kappa shape index (κ1) is 14.9. The van der Waals surface area contributed by atoms with Gasteiger partial charge in [-0.05, 0) is 37.1 Å². The molecule has 0 saturated carbocycles. The molecule has 1 aromatic heterocycles. The third-order valence-corrected chi connectivity index (χ3v) is 4.71. The lowest BCUT2D eigenvalue weighted by molar-refractivity contribution is 0.550. The van der Waals surface area contributed by atoms with Gasteiger partial charge in [0.15, 0.2) is 0 Å². The number of aryl methyl sites for hydroxylation is 1. The zero-order valence-electron chi connectivity index (χ0n) is 11.0. The van der Waals surface area contributed by atoms with Crippen molar-refractivity contribution in [3.63, 3.8) is 0 Å². The van der Waals surface area contributed by atoms with Crippen molar-refractivity contribution in [3.05, 3.63) is 55.7 Å². The Morgan fingerprint density at radius 2 is 2.00 bits per heavy atom. The second kappa shape index (κ2) is 6.76. The number of hydrogen-bond acceptors (Lipinski definition) is 2. The average Bonchev–Trinajstić information content (AvgIpc) is 2.70. The Hall–Kier alpha value is -0.540. The number of hydrogen-bond donors (Lipinski definition) is 1. The molecule has 1 heterocycles. The van der Waals surface area contributed by atoms with E-state index in [-0.39, 0.29) is 6.04 Å². The van der Waals surface area contributed by atoms with Gasteiger partial charge in [-0.25, -0.2) is 0 Å². The Morgan fingerprint density at radius 1 is 1.26 bits per heavy atom. The maximum atomic E-state index is 6.28. The standard InChI is InChI=1S/C15H17Cl2NS/c1-3-18-13(12-9-14(16)19-15(12)17)8-11-7-5-4-6-10(11)2/h4-7,9,13,18H,3,8H2,1-2H3. The van der Waals surface area contributed by atoms with Crippen LogP contribution in [0.25, 0.3) is 0 Å². The molecular formula is C15H17Cl2NS. The summed E-state index contributed by atoms with van der Waals surface area (Å²) in [5.74, 6) is 0. The van der Waals surface area contributed by atoms with Crippen LogP contribution in [0, 0.1) is 6.92 Å². The van der Waals surface area contributed by atoms with E-state index in [2.05, 4.69) is 43.4 Å². The zero-order valence-corrected chi connectivity index (χ0v) is 13.4. The van der Waals surface area contributed by atoms with Gasteiger partial charge in [-0.1, -0.05) is 54.4 Å². The Labute approximate surface area is 128 Å². The van der Waals surface area contributed by atoms with E-state index in [9.17, 15) is 0 Å². The second-order valence-corrected chi connectivity index (χ2v) is 6.81. The fourth-order valence-corrected chi connectivity index (χ4v) is 3.77. The highest BCUT2D eigenvalue weighted by atomic mass is 35.5. The molecule has 0 aliphatic carbocycles. The van der Waals surface area contributed by atoms with E-state index in [1.807, 2.05) is 6.07 Å². The molecule has 2 rings (SSSR count). The van der Waals surface area contributed by atoms with Gasteiger partial charge in [-0.15, -0.1) is 11.3 Å². The SMILES string of the molecule is CCNC(Cc1ccccc1C)c1cc(Cl)sc1Cl. The number of rotatable bonds is 5. The van der Waals surface area contributed by atoms with Crippen LogP contribution >= 0.6 is 34.5 Å². The fourth-order valence-electron chi connectivity index (χ4n) is 2.19. The average molecular weight is 314 g/mol. The number of likely N-dealkylation sites (N-methyl/N-ethyl adjacent to an activating group) is 1. The first-order chi connectivity index (χ1) is 9.11. The van der Waals surface area contributed by atoms with E-state index in [0.29, 0.717) is 0 Å². The largest absolute Gasteiger partial charge is 0.310 e. The van der Waals surface area contributed by atoms with Crippen LogP contribution in [0.2, 0.25) is 8.67 Å². The van der Waals surface area contributed by atoms with Crippen LogP contribution in [0.5, 0.6) is 0 Å². The normalized spacial score (nSPS) is 12.6. The maximum absolute atomic E-state index is 6.28. The van der Waals surface area contributed by atoms with Crippen LogP contribution in [0.4, 0.5) is 0 Å². The predicted molar refractivity (Wildman–Crippen MR) is 85.6 cm³/mol. The summed E-state index contributed by atoms with van der Waals surface area (Å²) in [5.41, 5.74) is 3.75. The summed E-state index contributed by atoms with van der Waals surface area (Å²) in [6.07, 6.45) is 0.924. The van der Waals surface area contributed by atoms with Gasteiger partial charge in [-0.3, -0.25) is 0 Å². The smallest absolute Gasteiger partial charge is 0.0992 e. The highest BCUT2D eigenvalue weighted by Crippen LogP contribution is 2.36. The molecule has 0 aliphatic heterocycles. The van der Waals surface area contributed by atoms with E-state index < -0.39 is 0 Å². The molecule has 1 unspecified atom stereocenters. The first-order valence-electron chi connectivity index (χ1n) is 6.34. The molecule has 1 nitrogen and oxygen atoms in total. The molecule has 0 bridgehead atoms. The minimum atomic E-state index is 0.211. The summed E-state index contributed by atoms with van der Waals surface area (Å²) in [6.45, 7) is 5.15. The molecule has 102 valence electrons. The van der Waals surface area contributed by atoms with Crippen molar-refractivity contribution in [1.29, 1.82) is 0 Å². The molecule has 0 saturated heterocycles. The van der Waals surface area contributed by atoms with E-state index in [0.717, 1.165) is 27.2 Å². The zero-order chi connectivity index (χ0) is 13.8. The predicted octanol–water partition coefficient (Wildman–Crippen LogP) is 5.26. The van der Waals surface area contributed by atoms with Crippen molar-refractivity contribution in [2.24, 2.45) is 0 Å². The van der Waals surface area contributed by atoms with Crippen LogP contribution < -0.4 is 5.32 Å². The monoisotopic (exact) mass is 313 g/mol. The number of halogens is 2. The molecule has 2 aromatic rings. The molecule has 1 aromatic carbocycles. The molecule has 0 spiro atoms. The summed E-state index contributed by atoms with van der Waals surface area (Å²) in [5, 5.41) is 3.49. The quantitative estimate of drug-likeness (QED) is 0.794. The van der Waals surface area contributed by atoms with Crippen molar-refractivity contribution in [2.45, 2.75) is 26.3 Å². The van der Waals surface area contributed by atoms with Crippen molar-refractivity contribution < 1.29 is 0 Å². The molecule has 1 atom stereocenters. The molecule has 4 heteroatoms. The molecule has 19 heavy (non-hydrogen) atoms. The summed E-state index contributed by atoms with van der Waals surface area (Å²) < 4.78 is 1.53. The highest BCUT2D eigenvalue weighted by Gasteiger charge is 2.17. The van der Waals surface area contributed by atoms with E-state index in [1.165, 1.54) is 22.5 Å². The summed E-state index contributed by atoms with van der Waals surface area (Å²) >= 11 is 13.8. The van der Waals surface area contributed by atoms with Crippen molar-refractivity contribution in [2.75, 3.05) is 6.54 Å². The van der Waals surface area contributed by atoms with Crippen LogP contribution in [0.1, 0.15) is 29.7 Å². The van der Waals surface area contributed by atoms with E-state index >= 15 is 0 Å². The summed E-state index contributed by atoms with van der Waals surface area (Å²) in [4.78, 5) is 0. The second-order valence-electron chi connectivity index (χ2n) is 4.52. The molecule has 0 aliphatic rings. The number of benzene rings is 1. The molecule has 1 N–H and O–H groups in total. The van der Waals surface area contributed by atoms with Gasteiger partial charge in [0.25, 0.3) is 0 Å². The minimum Gasteiger partial charge on any atom is -0.310 e. The lowest BCUT2D eigenvalue weighted by Gasteiger charge is -2.18. The van der Waals surface area contributed by atoms with Crippen LogP contribution in [-0.4, -0.2) is 6.54 Å². The number of thiophene rings is 1. The Bertz CT molecular complexity index is 551. The summed E-state index contributed by atoms with van der Waals surface area (Å²) in [6, 6.07) is 10.6. The van der Waals surface area contributed by atoms with Gasteiger partial charge >= 0.3 is 0 Å². The van der Waals surface area contributed by atoms with E-state index in [1.54, 1.807) is 0 Å². The number of nitrogens with one attached hydrogen (secondary N) is 1. The molecule has 0 fully saturated rings. The Morgan fingerprint density at radius 3 is 2.58 bits per heavy atom. The highest BCUT2D eigenvalue weighted by molar-refractivity contribution is 7.20. The van der Waals surface area contributed by atoms with Crippen molar-refractivity contribution >= 4 is 34.5 Å². The fraction of sp³-hybridized carbons (Fsp3) is 0.333. The summed E-state index contributed by atoms with van der Waals surface area (Å²) in [7, 11) is 0. The van der Waals surface area contributed by atoms with Gasteiger partial charge in [0, 0.05) is 11.6 Å². The van der Waals surface area contributed by atoms with Gasteiger partial charge in [0.05, 0.1) is 8.67 Å². The van der Waals surface area contributed by atoms with Crippen molar-refractivity contribution in [1.82, 2.24) is 5.32 Å². The van der Waals surface area contributed by atoms with Gasteiger partial charge in [0.2, 0.25) is 0 Å². The van der Waals surface area contributed by atoms with Gasteiger partial charge in [0.1, 0.15) is 0 Å². The Balaban J connectivity index is 2.26. The van der Waals surface area contributed by atoms with Crippen molar-refractivity contribution in [3.8, 4) is 0 Å². The molecule has 0 amide bonds. The molecule has 0 radical (unpaired) electrons. The van der Waals surface area contributed by atoms with E-state index in [4.69, 9.17) is 23.2 Å². The topological polar surface area (TPSA) is 12.0 Å². The van der Waals surface area contributed by atoms with Crippen LogP contribution in [-0.2, 0) is 6.42 Å². The van der Waals surface area contributed by atoms with Gasteiger partial charge < -0.3 is 5.32 Å². The Kier molecular flexibility index (Phi) is 5.28. The first-order valence-corrected chi connectivity index (χ1v) is 7.91. The third kappa shape index (κ3) is 3.73. The van der Waals surface area contributed by atoms with Gasteiger partial charge in [-0.2, -0.15) is 0 Å². The minimum absolute atomic E-state index is 0.211. The third-order valence-electron chi connectivity index (χ3n) is 3.19. The van der Waals surface area contributed by atoms with Crippen LogP contribution in [0.15, 0.2) is 30.3 Å². The lowest BCUT2D eigenvalue weighted by Crippen LogP contribution is -2.23. The molecular weight excluding hydrogens is 297 g/mol. The van der Waals surface area contributed by atoms with Crippen LogP contribution in [0.3, 0.4) is 0 Å². The lowest BCUT2D eigenvalue weighted by atomic mass is 9.98. The maximum Gasteiger partial charge on any atom is 0.0992 e.